The number of nitrogens with one attached hydrogen (secondary N) is 3. The molecule has 0 saturated carbocycles. The van der Waals surface area contributed by atoms with Crippen LogP contribution in [0.5, 0.6) is 5.88 Å². The summed E-state index contributed by atoms with van der Waals surface area (Å²) in [6.45, 7) is 1.60. The van der Waals surface area contributed by atoms with Gasteiger partial charge in [-0.2, -0.15) is 0 Å². The average Bonchev–Trinajstić information content (AvgIpc) is 3.04. The Kier molecular flexibility index (Phi) is 4.80. The van der Waals surface area contributed by atoms with Crippen molar-refractivity contribution >= 4 is 22.8 Å². The fourth-order valence-electron chi connectivity index (χ4n) is 2.64. The maximum absolute atomic E-state index is 12.2. The third-order valence-corrected chi connectivity index (χ3v) is 3.82. The predicted octanol–water partition coefficient (Wildman–Crippen LogP) is 2.13. The second-order valence-electron chi connectivity index (χ2n) is 5.49. The van der Waals surface area contributed by atoms with Gasteiger partial charge in [0.1, 0.15) is 5.82 Å². The van der Waals surface area contributed by atoms with Crippen molar-refractivity contribution in [1.29, 1.82) is 0 Å². The highest BCUT2D eigenvalue weighted by molar-refractivity contribution is 5.93. The molecule has 8 heteroatoms. The molecular weight excluding hydrogens is 322 g/mol. The van der Waals surface area contributed by atoms with E-state index in [0.29, 0.717) is 22.9 Å². The molecule has 8 nitrogen and oxygen atoms in total. The van der Waals surface area contributed by atoms with Crippen LogP contribution in [0.15, 0.2) is 36.4 Å². The minimum atomic E-state index is -0.502. The zero-order valence-corrected chi connectivity index (χ0v) is 13.9. The molecule has 1 atom stereocenters. The third kappa shape index (κ3) is 3.53. The molecule has 25 heavy (non-hydrogen) atoms. The molecule has 2 aromatic heterocycles. The molecule has 0 aliphatic rings. The number of ether oxygens (including phenoxy) is 1. The minimum Gasteiger partial charge on any atom is -0.479 e. The summed E-state index contributed by atoms with van der Waals surface area (Å²) in [5.41, 5.74) is 2.21. The number of benzene rings is 1. The van der Waals surface area contributed by atoms with Gasteiger partial charge in [-0.3, -0.25) is 10.4 Å². The molecule has 3 rings (SSSR count). The van der Waals surface area contributed by atoms with Gasteiger partial charge in [0.15, 0.2) is 0 Å². The van der Waals surface area contributed by atoms with Crippen LogP contribution in [0, 0.1) is 6.92 Å². The van der Waals surface area contributed by atoms with Crippen molar-refractivity contribution in [2.45, 2.75) is 13.0 Å². The highest BCUT2D eigenvalue weighted by Gasteiger charge is 2.16. The summed E-state index contributed by atoms with van der Waals surface area (Å²) >= 11 is 0. The van der Waals surface area contributed by atoms with Crippen LogP contribution in [0.1, 0.15) is 17.3 Å². The fraction of sp³-hybridized carbons (Fsp3) is 0.235. The van der Waals surface area contributed by atoms with Gasteiger partial charge in [0.2, 0.25) is 5.88 Å². The zero-order chi connectivity index (χ0) is 17.8. The topological polar surface area (TPSA) is 112 Å². The highest BCUT2D eigenvalue weighted by atomic mass is 16.5. The summed E-state index contributed by atoms with van der Waals surface area (Å²) < 4.78 is 5.18. The average molecular weight is 341 g/mol. The van der Waals surface area contributed by atoms with Gasteiger partial charge in [-0.05, 0) is 12.5 Å². The predicted molar refractivity (Wildman–Crippen MR) is 93.6 cm³/mol. The van der Waals surface area contributed by atoms with Crippen molar-refractivity contribution in [3.63, 3.8) is 0 Å². The molecule has 2 heterocycles. The van der Waals surface area contributed by atoms with Crippen LogP contribution in [-0.4, -0.2) is 40.0 Å². The number of aliphatic hydroxyl groups is 1. The Balaban J connectivity index is 1.75. The molecule has 0 spiro atoms. The SMILES string of the molecule is COc1n[nH]c2cc(NC(=O)NC(CO)c3ccccc3)nc(C)c12. The van der Waals surface area contributed by atoms with E-state index in [4.69, 9.17) is 4.74 Å². The van der Waals surface area contributed by atoms with Crippen LogP contribution in [0.25, 0.3) is 10.9 Å². The number of aliphatic hydroxyl groups excluding tert-OH is 1. The summed E-state index contributed by atoms with van der Waals surface area (Å²) in [6.07, 6.45) is 0. The quantitative estimate of drug-likeness (QED) is 0.568. The molecule has 0 aliphatic carbocycles. The van der Waals surface area contributed by atoms with Crippen molar-refractivity contribution < 1.29 is 14.6 Å². The van der Waals surface area contributed by atoms with E-state index in [0.717, 1.165) is 10.9 Å². The molecule has 0 bridgehead atoms. The number of aryl methyl sites for hydroxylation is 1. The Labute approximate surface area is 144 Å². The van der Waals surface area contributed by atoms with Crippen LogP contribution < -0.4 is 15.4 Å². The van der Waals surface area contributed by atoms with Gasteiger partial charge in [0.25, 0.3) is 0 Å². The number of methoxy groups -OCH3 is 1. The number of pyridine rings is 1. The summed E-state index contributed by atoms with van der Waals surface area (Å²) in [7, 11) is 1.53. The molecule has 3 aromatic rings. The smallest absolute Gasteiger partial charge is 0.320 e. The lowest BCUT2D eigenvalue weighted by Gasteiger charge is -2.17. The van der Waals surface area contributed by atoms with Gasteiger partial charge in [-0.25, -0.2) is 9.78 Å². The van der Waals surface area contributed by atoms with Crippen LogP contribution in [0.2, 0.25) is 0 Å². The van der Waals surface area contributed by atoms with Crippen LogP contribution in [0.4, 0.5) is 10.6 Å². The van der Waals surface area contributed by atoms with Crippen LogP contribution >= 0.6 is 0 Å². The summed E-state index contributed by atoms with van der Waals surface area (Å²) in [5.74, 6) is 0.832. The number of hydrogen-bond donors (Lipinski definition) is 4. The number of fused-ring (bicyclic) bond motifs is 1. The van der Waals surface area contributed by atoms with E-state index >= 15 is 0 Å². The number of H-pyrrole nitrogens is 1. The largest absolute Gasteiger partial charge is 0.479 e. The molecule has 0 saturated heterocycles. The molecule has 0 fully saturated rings. The molecule has 2 amide bonds. The van der Waals surface area contributed by atoms with Gasteiger partial charge in [0.05, 0.1) is 36.4 Å². The molecule has 130 valence electrons. The van der Waals surface area contributed by atoms with E-state index in [9.17, 15) is 9.90 Å². The van der Waals surface area contributed by atoms with Gasteiger partial charge >= 0.3 is 6.03 Å². The first-order valence-electron chi connectivity index (χ1n) is 7.75. The zero-order valence-electron chi connectivity index (χ0n) is 13.9. The number of nitrogens with zero attached hydrogens (tertiary/aromatic N) is 2. The second-order valence-corrected chi connectivity index (χ2v) is 5.49. The number of urea groups is 1. The first kappa shape index (κ1) is 16.7. The lowest BCUT2D eigenvalue weighted by Crippen LogP contribution is -2.34. The molecule has 4 N–H and O–H groups in total. The van der Waals surface area contributed by atoms with E-state index < -0.39 is 12.1 Å². The number of carbonyl (C=O) groups excluding carboxylic acids is 1. The van der Waals surface area contributed by atoms with Gasteiger partial charge in [0, 0.05) is 6.07 Å². The first-order chi connectivity index (χ1) is 12.1. The number of aromatic amines is 1. The second kappa shape index (κ2) is 7.18. The van der Waals surface area contributed by atoms with Crippen molar-refractivity contribution in [3.8, 4) is 5.88 Å². The Morgan fingerprint density at radius 1 is 1.36 bits per heavy atom. The Morgan fingerprint density at radius 2 is 2.12 bits per heavy atom. The number of amides is 2. The molecular formula is C17H19N5O3. The van der Waals surface area contributed by atoms with Crippen molar-refractivity contribution in [2.75, 3.05) is 19.0 Å². The lowest BCUT2D eigenvalue weighted by molar-refractivity contribution is 0.225. The van der Waals surface area contributed by atoms with E-state index in [-0.39, 0.29) is 6.61 Å². The number of anilines is 1. The van der Waals surface area contributed by atoms with Crippen LogP contribution in [0.3, 0.4) is 0 Å². The van der Waals surface area contributed by atoms with Gasteiger partial charge in [-0.15, -0.1) is 5.10 Å². The Hall–Kier alpha value is -3.13. The number of carbonyl (C=O) groups is 1. The first-order valence-corrected chi connectivity index (χ1v) is 7.75. The molecule has 0 radical (unpaired) electrons. The standard InChI is InChI=1S/C17H19N5O3/c1-10-15-12(21-22-16(15)25-2)8-14(18-10)20-17(24)19-13(9-23)11-6-4-3-5-7-11/h3-8,13,23H,9H2,1-2H3,(H,21,22)(H2,18,19,20,24). The number of rotatable bonds is 5. The fourth-order valence-corrected chi connectivity index (χ4v) is 2.64. The van der Waals surface area contributed by atoms with Crippen LogP contribution in [-0.2, 0) is 0 Å². The van der Waals surface area contributed by atoms with E-state index in [1.54, 1.807) is 6.07 Å². The maximum atomic E-state index is 12.2. The molecule has 1 aromatic carbocycles. The van der Waals surface area contributed by atoms with Crippen molar-refractivity contribution in [2.24, 2.45) is 0 Å². The summed E-state index contributed by atoms with van der Waals surface area (Å²) in [4.78, 5) is 16.6. The lowest BCUT2D eigenvalue weighted by atomic mass is 10.1. The minimum absolute atomic E-state index is 0.208. The Bertz CT molecular complexity index is 879. The van der Waals surface area contributed by atoms with E-state index in [1.807, 2.05) is 37.3 Å². The Morgan fingerprint density at radius 3 is 2.80 bits per heavy atom. The summed E-state index contributed by atoms with van der Waals surface area (Å²) in [5, 5.41) is 22.6. The van der Waals surface area contributed by atoms with Crippen molar-refractivity contribution in [1.82, 2.24) is 20.5 Å². The normalized spacial score (nSPS) is 12.0. The molecule has 0 aliphatic heterocycles. The molecule has 1 unspecified atom stereocenters. The third-order valence-electron chi connectivity index (χ3n) is 3.82. The van der Waals surface area contributed by atoms with Crippen molar-refractivity contribution in [3.05, 3.63) is 47.7 Å². The number of aromatic nitrogens is 3. The maximum Gasteiger partial charge on any atom is 0.320 e. The van der Waals surface area contributed by atoms with Gasteiger partial charge < -0.3 is 15.2 Å². The summed E-state index contributed by atoms with van der Waals surface area (Å²) in [6, 6.07) is 9.97. The van der Waals surface area contributed by atoms with E-state index in [2.05, 4.69) is 25.8 Å². The monoisotopic (exact) mass is 341 g/mol. The highest BCUT2D eigenvalue weighted by Crippen LogP contribution is 2.26. The number of hydrogen-bond acceptors (Lipinski definition) is 5. The van der Waals surface area contributed by atoms with Gasteiger partial charge in [-0.1, -0.05) is 30.3 Å². The van der Waals surface area contributed by atoms with E-state index in [1.165, 1.54) is 7.11 Å².